The number of hydrogen-bond acceptors (Lipinski definition) is 2. The molecule has 0 saturated carbocycles. The summed E-state index contributed by atoms with van der Waals surface area (Å²) in [7, 11) is 0. The van der Waals surface area contributed by atoms with Gasteiger partial charge in [-0.3, -0.25) is 0 Å². The molecule has 0 atom stereocenters. The fourth-order valence-corrected chi connectivity index (χ4v) is 0. The molecule has 0 unspecified atom stereocenters. The summed E-state index contributed by atoms with van der Waals surface area (Å²) < 4.78 is 0. The number of thiocyanates is 1. The summed E-state index contributed by atoms with van der Waals surface area (Å²) in [5.41, 5.74) is 0. The Kier molecular flexibility index (Phi) is 20.5. The van der Waals surface area contributed by atoms with Crippen molar-refractivity contribution >= 4 is 38.8 Å². The van der Waals surface area contributed by atoms with Gasteiger partial charge in [-0.2, -0.15) is 5.26 Å². The number of nitrogens with zero attached hydrogens (tertiary/aromatic N) is 1. The van der Waals surface area contributed by atoms with E-state index in [0.717, 1.165) is 0 Å². The normalized spacial score (nSPS) is 2.00. The first-order chi connectivity index (χ1) is 1.41. The molecule has 0 aromatic heterocycles. The molecule has 0 N–H and O–H groups in total. The van der Waals surface area contributed by atoms with E-state index < -0.39 is 0 Å². The van der Waals surface area contributed by atoms with Gasteiger partial charge in [0, 0.05) is 0 Å². The van der Waals surface area contributed by atoms with Crippen molar-refractivity contribution < 1.29 is 0 Å². The third kappa shape index (κ3) is 15.5. The third-order valence-electron chi connectivity index (χ3n) is 0. The molecule has 0 aromatic carbocycles. The second kappa shape index (κ2) is 9.30. The zero-order valence-electron chi connectivity index (χ0n) is 2.10. The van der Waals surface area contributed by atoms with Crippen LogP contribution >= 0.6 is 12.6 Å². The quantitative estimate of drug-likeness (QED) is 0.348. The maximum absolute atomic E-state index is 7.18. The van der Waals surface area contributed by atoms with E-state index in [0.29, 0.717) is 0 Å². The molecule has 0 bridgehead atoms. The summed E-state index contributed by atoms with van der Waals surface area (Å²) in [5, 5.41) is 8.63. The Balaban J connectivity index is 0. The van der Waals surface area contributed by atoms with Gasteiger partial charge in [-0.15, -0.1) is 0 Å². The zero-order valence-corrected chi connectivity index (χ0v) is 8.49. The summed E-state index contributed by atoms with van der Waals surface area (Å²) in [6.45, 7) is 0. The van der Waals surface area contributed by atoms with Gasteiger partial charge in [-0.25, -0.2) is 0 Å². The van der Waals surface area contributed by atoms with E-state index in [1.54, 1.807) is 0 Å². The molecule has 0 aliphatic carbocycles. The standard InChI is InChI=1S/CHNS.Bi.3H/c2-1-3;;;;/h3H;;;;. The topological polar surface area (TPSA) is 23.8 Å². The number of thiol groups is 1. The molecule has 0 aromatic rings. The summed E-state index contributed by atoms with van der Waals surface area (Å²) in [6, 6.07) is 0. The predicted octanol–water partition coefficient (Wildman–Crippen LogP) is -0.787. The van der Waals surface area contributed by atoms with Crippen molar-refractivity contribution in [2.24, 2.45) is 0 Å². The van der Waals surface area contributed by atoms with Gasteiger partial charge in [0.05, 0.1) is 0 Å². The van der Waals surface area contributed by atoms with Crippen LogP contribution in [-0.4, -0.2) is 26.2 Å². The minimum atomic E-state index is 0. The predicted molar refractivity (Wildman–Crippen MR) is 24.5 cm³/mol. The Morgan fingerprint density at radius 3 is 1.75 bits per heavy atom. The molecule has 0 amide bonds. The van der Waals surface area contributed by atoms with Crippen molar-refractivity contribution in [2.75, 3.05) is 0 Å². The van der Waals surface area contributed by atoms with Crippen LogP contribution in [0.15, 0.2) is 0 Å². The van der Waals surface area contributed by atoms with E-state index in [1.807, 2.05) is 0 Å². The van der Waals surface area contributed by atoms with Crippen LogP contribution in [0.4, 0.5) is 0 Å². The van der Waals surface area contributed by atoms with E-state index in [-0.39, 0.29) is 26.2 Å². The van der Waals surface area contributed by atoms with Gasteiger partial charge >= 0.3 is 26.2 Å². The van der Waals surface area contributed by atoms with Crippen LogP contribution in [0.3, 0.4) is 0 Å². The Labute approximate surface area is 49.5 Å². The third-order valence-corrected chi connectivity index (χ3v) is 0. The molecule has 0 radical (unpaired) electrons. The fourth-order valence-electron chi connectivity index (χ4n) is 0. The first-order valence-electron chi connectivity index (χ1n) is 0.447. The van der Waals surface area contributed by atoms with Crippen LogP contribution in [-0.2, 0) is 0 Å². The molecule has 0 rings (SSSR count). The summed E-state index contributed by atoms with van der Waals surface area (Å²) in [6.07, 6.45) is 0. The molecule has 0 aliphatic rings. The Morgan fingerprint density at radius 2 is 1.75 bits per heavy atom. The van der Waals surface area contributed by atoms with E-state index in [2.05, 4.69) is 12.6 Å². The summed E-state index contributed by atoms with van der Waals surface area (Å²) >= 11 is 3.09. The summed E-state index contributed by atoms with van der Waals surface area (Å²) in [5.74, 6) is 0. The number of rotatable bonds is 0. The van der Waals surface area contributed by atoms with Crippen molar-refractivity contribution in [3.05, 3.63) is 0 Å². The van der Waals surface area contributed by atoms with Gasteiger partial charge in [0.2, 0.25) is 0 Å². The van der Waals surface area contributed by atoms with E-state index in [1.165, 1.54) is 5.40 Å². The Hall–Kier alpha value is 0.723. The van der Waals surface area contributed by atoms with Gasteiger partial charge in [0.25, 0.3) is 0 Å². The Bertz CT molecular complexity index is 29.5. The number of nitriles is 1. The van der Waals surface area contributed by atoms with Crippen LogP contribution in [0.2, 0.25) is 0 Å². The van der Waals surface area contributed by atoms with Crippen LogP contribution in [0.1, 0.15) is 0 Å². The van der Waals surface area contributed by atoms with Gasteiger partial charge in [0.15, 0.2) is 0 Å². The molecule has 1 nitrogen and oxygen atoms in total. The SMILES string of the molecule is N#CS.[BiH3]. The van der Waals surface area contributed by atoms with E-state index in [4.69, 9.17) is 5.26 Å². The molecule has 0 fully saturated rings. The van der Waals surface area contributed by atoms with E-state index >= 15 is 0 Å². The van der Waals surface area contributed by atoms with E-state index in [9.17, 15) is 0 Å². The minimum absolute atomic E-state index is 0. The maximum atomic E-state index is 7.18. The average Bonchev–Trinajstić information content (AvgIpc) is 0.918. The van der Waals surface area contributed by atoms with Crippen molar-refractivity contribution in [1.29, 1.82) is 5.26 Å². The monoisotopic (exact) mass is 271 g/mol. The van der Waals surface area contributed by atoms with Crippen molar-refractivity contribution in [2.45, 2.75) is 0 Å². The summed E-state index contributed by atoms with van der Waals surface area (Å²) in [4.78, 5) is 0. The van der Waals surface area contributed by atoms with Gasteiger partial charge in [-0.1, -0.05) is 12.6 Å². The van der Waals surface area contributed by atoms with Crippen LogP contribution in [0.5, 0.6) is 0 Å². The van der Waals surface area contributed by atoms with Crippen LogP contribution in [0, 0.1) is 10.7 Å². The Morgan fingerprint density at radius 1 is 1.75 bits per heavy atom. The van der Waals surface area contributed by atoms with Crippen LogP contribution < -0.4 is 0 Å². The molecule has 4 heavy (non-hydrogen) atoms. The first kappa shape index (κ1) is 8.83. The van der Waals surface area contributed by atoms with Gasteiger partial charge < -0.3 is 0 Å². The number of hydrogen-bond donors (Lipinski definition) is 1. The van der Waals surface area contributed by atoms with Gasteiger partial charge in [-0.05, 0) is 0 Å². The molecule has 3 heteroatoms. The fraction of sp³-hybridized carbons (Fsp3) is 0. The average molecular weight is 271 g/mol. The molecular formula is CH4BiNS. The molecule has 0 saturated heterocycles. The van der Waals surface area contributed by atoms with Crippen LogP contribution in [0.25, 0.3) is 0 Å². The molecule has 24 valence electrons. The molecule has 0 spiro atoms. The molecular weight excluding hydrogens is 267 g/mol. The first-order valence-corrected chi connectivity index (χ1v) is 0.894. The van der Waals surface area contributed by atoms with Gasteiger partial charge in [0.1, 0.15) is 5.40 Å². The van der Waals surface area contributed by atoms with Crippen molar-refractivity contribution in [3.63, 3.8) is 0 Å². The second-order valence-corrected chi connectivity index (χ2v) is 0.300. The van der Waals surface area contributed by atoms with Crippen molar-refractivity contribution in [3.8, 4) is 5.40 Å². The second-order valence-electron chi connectivity index (χ2n) is 0.100. The zero-order chi connectivity index (χ0) is 2.71. The molecule has 0 aliphatic heterocycles. The van der Waals surface area contributed by atoms with Crippen molar-refractivity contribution in [1.82, 2.24) is 0 Å². The molecule has 0 heterocycles.